The van der Waals surface area contributed by atoms with Gasteiger partial charge in [-0.3, -0.25) is 10.2 Å². The molecule has 0 spiro atoms. The van der Waals surface area contributed by atoms with Crippen molar-refractivity contribution >= 4 is 35.2 Å². The minimum absolute atomic E-state index is 0.0185. The van der Waals surface area contributed by atoms with Gasteiger partial charge in [-0.25, -0.2) is 9.59 Å². The predicted octanol–water partition coefficient (Wildman–Crippen LogP) is 7.83. The number of nitrogens with one attached hydrogen (secondary N) is 1. The molecule has 1 heterocycles. The van der Waals surface area contributed by atoms with E-state index < -0.39 is 35.9 Å². The minimum Gasteiger partial charge on any atom is -0.497 e. The number of amides is 2. The monoisotopic (exact) mass is 949 g/mol. The van der Waals surface area contributed by atoms with Gasteiger partial charge in [0, 0.05) is 43.7 Å². The highest BCUT2D eigenvalue weighted by Gasteiger charge is 2.65. The number of aliphatic hydroxyl groups excluding tert-OH is 3. The van der Waals surface area contributed by atoms with Crippen LogP contribution in [0.5, 0.6) is 23.0 Å². The fourth-order valence-corrected chi connectivity index (χ4v) is 9.60. The zero-order chi connectivity index (χ0) is 47.6. The Kier molecular flexibility index (Phi) is 19.6. The summed E-state index contributed by atoms with van der Waals surface area (Å²) in [6, 6.07) is 19.0. The lowest BCUT2D eigenvalue weighted by Crippen LogP contribution is -2.70. The number of fused-ring (bicyclic) bond motifs is 2. The van der Waals surface area contributed by atoms with Gasteiger partial charge in [-0.2, -0.15) is 0 Å². The third kappa shape index (κ3) is 12.6. The maximum atomic E-state index is 14.4. The summed E-state index contributed by atoms with van der Waals surface area (Å²) in [5, 5.41) is 37.1. The fraction of sp³-hybridized carbons (Fsp3) is 0.500. The van der Waals surface area contributed by atoms with E-state index >= 15 is 0 Å². The largest absolute Gasteiger partial charge is 0.497 e. The first-order valence-electron chi connectivity index (χ1n) is 22.9. The number of carbonyl (C=O) groups is 2. The highest BCUT2D eigenvalue weighted by molar-refractivity contribution is 6.18. The predicted molar refractivity (Wildman–Crippen MR) is 252 cm³/mol. The van der Waals surface area contributed by atoms with Crippen LogP contribution in [-0.2, 0) is 25.7 Å². The van der Waals surface area contributed by atoms with Crippen LogP contribution in [0.25, 0.3) is 0 Å². The average Bonchev–Trinajstić information content (AvgIpc) is 3.34. The number of nitrogens with zero attached hydrogens (tertiary/aromatic N) is 2. The molecule has 0 bridgehead atoms. The third-order valence-electron chi connectivity index (χ3n) is 12.4. The van der Waals surface area contributed by atoms with Crippen LogP contribution in [0, 0.1) is 17.8 Å². The highest BCUT2D eigenvalue weighted by Crippen LogP contribution is 2.62. The standard InChI is InChI=1S/C50H64ClN3O13/c1-4-25-64-50-45(54(21-27-62-28-24-57)49(59)63-26-20-51)32-42(53-65-33-34-12-6-5-7-13-34)39-29-35(14-8-10-22-55)38(15-9-11-23-56)46(47(39)50)40-30-37(17-19-43(40)67-50)66-48(58)52-41-18-16-36(60-2)31-44(41)61-3/h4-7,12-13,16-19,29-31,35,38,45-47,55-57H,1,8-11,14-15,20-28,32-33H2,2-3H3,(H,52,58)/t35-,38+,45-,46+,47+,50+/m0/s1. The molecule has 0 aromatic heterocycles. The van der Waals surface area contributed by atoms with Crippen LogP contribution in [0.4, 0.5) is 15.3 Å². The number of benzene rings is 3. The zero-order valence-corrected chi connectivity index (χ0v) is 39.1. The summed E-state index contributed by atoms with van der Waals surface area (Å²) in [6.45, 7) is 4.13. The van der Waals surface area contributed by atoms with Crippen LogP contribution < -0.4 is 24.3 Å². The maximum absolute atomic E-state index is 14.4. The molecule has 3 aromatic carbocycles. The molecule has 17 heteroatoms. The van der Waals surface area contributed by atoms with Gasteiger partial charge in [0.15, 0.2) is 0 Å². The number of hydrogen-bond donors (Lipinski definition) is 4. The molecule has 16 nitrogen and oxygen atoms in total. The van der Waals surface area contributed by atoms with Crippen LogP contribution in [0.2, 0.25) is 0 Å². The SMILES string of the molecule is C=CCO[C@@]12Oc3ccc(OC(=O)Nc4ccc(OC)cc4OC)cc3[C@H]3[C@H](CCCCO)[C@@H](CCCCO)C=C(C(=NOCc4ccccc4)C[C@@H]1N(CCOCCO)C(=O)OCCCl)[C@H]32. The molecule has 3 aliphatic rings. The van der Waals surface area contributed by atoms with E-state index in [1.165, 1.54) is 19.1 Å². The quantitative estimate of drug-likeness (QED) is 0.0263. The topological polar surface area (TPSA) is 196 Å². The van der Waals surface area contributed by atoms with Crippen LogP contribution in [-0.4, -0.2) is 123 Å². The number of unbranched alkanes of at least 4 members (excludes halogenated alkanes) is 2. The summed E-state index contributed by atoms with van der Waals surface area (Å²) in [6.07, 6.45) is 6.59. The fourth-order valence-electron chi connectivity index (χ4n) is 9.53. The Hall–Kier alpha value is -5.36. The van der Waals surface area contributed by atoms with Gasteiger partial charge < -0.3 is 53.3 Å². The summed E-state index contributed by atoms with van der Waals surface area (Å²) >= 11 is 6.05. The number of oxime groups is 1. The smallest absolute Gasteiger partial charge is 0.417 e. The number of carbonyl (C=O) groups excluding carboxylic acids is 2. The van der Waals surface area contributed by atoms with Gasteiger partial charge in [-0.1, -0.05) is 60.5 Å². The Bertz CT molecular complexity index is 2140. The Morgan fingerprint density at radius 3 is 2.43 bits per heavy atom. The summed E-state index contributed by atoms with van der Waals surface area (Å²) in [5.41, 5.74) is 3.43. The molecule has 1 aliphatic heterocycles. The van der Waals surface area contributed by atoms with E-state index in [1.807, 2.05) is 36.4 Å². The first kappa shape index (κ1) is 51.0. The van der Waals surface area contributed by atoms with Crippen molar-refractivity contribution in [2.45, 2.75) is 69.3 Å². The lowest BCUT2D eigenvalue weighted by atomic mass is 9.55. The van der Waals surface area contributed by atoms with Crippen LogP contribution in [0.1, 0.15) is 62.0 Å². The number of aliphatic hydroxyl groups is 3. The Balaban J connectivity index is 1.53. The lowest BCUT2D eigenvalue weighted by Gasteiger charge is -2.59. The molecule has 0 saturated heterocycles. The second-order valence-corrected chi connectivity index (χ2v) is 16.8. The average molecular weight is 951 g/mol. The normalized spacial score (nSPS) is 22.0. The van der Waals surface area contributed by atoms with Crippen molar-refractivity contribution in [3.63, 3.8) is 0 Å². The van der Waals surface area contributed by atoms with Crippen LogP contribution >= 0.6 is 11.6 Å². The molecule has 6 rings (SSSR count). The van der Waals surface area contributed by atoms with Gasteiger partial charge in [0.25, 0.3) is 0 Å². The van der Waals surface area contributed by atoms with Crippen LogP contribution in [0.3, 0.4) is 0 Å². The number of hydrogen-bond acceptors (Lipinski definition) is 14. The number of methoxy groups -OCH3 is 2. The van der Waals surface area contributed by atoms with Crippen molar-refractivity contribution in [2.24, 2.45) is 22.9 Å². The summed E-state index contributed by atoms with van der Waals surface area (Å²) in [5.74, 6) is -1.12. The van der Waals surface area contributed by atoms with Gasteiger partial charge in [0.05, 0.1) is 63.8 Å². The second-order valence-electron chi connectivity index (χ2n) is 16.4. The highest BCUT2D eigenvalue weighted by atomic mass is 35.5. The first-order chi connectivity index (χ1) is 32.7. The van der Waals surface area contributed by atoms with Crippen LogP contribution in [0.15, 0.2) is 96.2 Å². The molecule has 0 radical (unpaired) electrons. The summed E-state index contributed by atoms with van der Waals surface area (Å²) < 4.78 is 42.5. The van der Waals surface area contributed by atoms with E-state index in [0.29, 0.717) is 54.3 Å². The molecule has 0 unspecified atom stereocenters. The number of ether oxygens (including phenoxy) is 7. The summed E-state index contributed by atoms with van der Waals surface area (Å²) in [4.78, 5) is 35.7. The molecule has 67 heavy (non-hydrogen) atoms. The third-order valence-corrected chi connectivity index (χ3v) is 12.5. The maximum Gasteiger partial charge on any atom is 0.417 e. The van der Waals surface area contributed by atoms with Crippen molar-refractivity contribution < 1.29 is 62.9 Å². The number of allylic oxidation sites excluding steroid dienone is 1. The molecule has 2 amide bonds. The van der Waals surface area contributed by atoms with E-state index in [9.17, 15) is 24.9 Å². The first-order valence-corrected chi connectivity index (χ1v) is 23.4. The molecule has 2 aliphatic carbocycles. The molecule has 1 saturated carbocycles. The minimum atomic E-state index is -1.59. The van der Waals surface area contributed by atoms with E-state index in [0.717, 1.165) is 29.5 Å². The van der Waals surface area contributed by atoms with E-state index in [1.54, 1.807) is 36.4 Å². The van der Waals surface area contributed by atoms with Crippen molar-refractivity contribution in [3.8, 4) is 23.0 Å². The number of halogens is 1. The lowest BCUT2D eigenvalue weighted by molar-refractivity contribution is -0.256. The molecule has 4 N–H and O–H groups in total. The molecule has 364 valence electrons. The zero-order valence-electron chi connectivity index (χ0n) is 38.3. The Morgan fingerprint density at radius 2 is 1.72 bits per heavy atom. The van der Waals surface area contributed by atoms with Crippen molar-refractivity contribution in [3.05, 3.63) is 102 Å². The number of anilines is 1. The van der Waals surface area contributed by atoms with Crippen molar-refractivity contribution in [1.82, 2.24) is 4.90 Å². The molecule has 3 aromatic rings. The molecule has 6 atom stereocenters. The van der Waals surface area contributed by atoms with Crippen molar-refractivity contribution in [2.75, 3.05) is 78.2 Å². The van der Waals surface area contributed by atoms with Gasteiger partial charge in [-0.05, 0) is 79.0 Å². The summed E-state index contributed by atoms with van der Waals surface area (Å²) in [7, 11) is 3.03. The van der Waals surface area contributed by atoms with Gasteiger partial charge >= 0.3 is 12.2 Å². The van der Waals surface area contributed by atoms with E-state index in [4.69, 9.17) is 54.8 Å². The van der Waals surface area contributed by atoms with E-state index in [-0.39, 0.29) is 89.3 Å². The van der Waals surface area contributed by atoms with Gasteiger partial charge in [0.2, 0.25) is 5.79 Å². The van der Waals surface area contributed by atoms with Crippen molar-refractivity contribution in [1.29, 1.82) is 0 Å². The Labute approximate surface area is 397 Å². The second kappa shape index (κ2) is 25.7. The number of rotatable bonds is 26. The van der Waals surface area contributed by atoms with E-state index in [2.05, 4.69) is 18.0 Å². The van der Waals surface area contributed by atoms with Gasteiger partial charge in [-0.15, -0.1) is 18.2 Å². The Morgan fingerprint density at radius 1 is 0.940 bits per heavy atom. The van der Waals surface area contributed by atoms with Gasteiger partial charge in [0.1, 0.15) is 42.3 Å². The number of alkyl halides is 1. The molecular weight excluding hydrogens is 886 g/mol. The molecule has 1 fully saturated rings. The molecular formula is C50H64ClN3O13.